The Morgan fingerprint density at radius 3 is 2.19 bits per heavy atom. The number of ether oxygens (including phenoxy) is 2. The number of piperidine rings is 1. The molecule has 0 saturated carbocycles. The second-order valence-corrected chi connectivity index (χ2v) is 6.26. The average molecular weight is 364 g/mol. The first-order valence-corrected chi connectivity index (χ1v) is 9.12. The normalized spacial score (nSPS) is 15.1. The van der Waals surface area contributed by atoms with E-state index in [2.05, 4.69) is 0 Å². The Bertz CT molecular complexity index is 582. The third kappa shape index (κ3) is 5.91. The van der Waals surface area contributed by atoms with Gasteiger partial charge in [-0.1, -0.05) is 6.92 Å². The molecule has 26 heavy (non-hydrogen) atoms. The van der Waals surface area contributed by atoms with E-state index in [-0.39, 0.29) is 25.1 Å². The lowest BCUT2D eigenvalue weighted by atomic mass is 10.0. The van der Waals surface area contributed by atoms with Crippen molar-refractivity contribution in [3.05, 3.63) is 24.3 Å². The van der Waals surface area contributed by atoms with Crippen molar-refractivity contribution in [3.8, 4) is 11.5 Å². The fraction of sp³-hybridized carbons (Fsp3) is 0.579. The predicted octanol–water partition coefficient (Wildman–Crippen LogP) is 1.86. The van der Waals surface area contributed by atoms with Gasteiger partial charge in [0.05, 0.1) is 13.2 Å². The van der Waals surface area contributed by atoms with Crippen molar-refractivity contribution >= 4 is 11.9 Å². The molecule has 1 aliphatic heterocycles. The summed E-state index contributed by atoms with van der Waals surface area (Å²) in [5.74, 6) is 0.554. The highest BCUT2D eigenvalue weighted by Crippen LogP contribution is 2.19. The van der Waals surface area contributed by atoms with E-state index in [0.29, 0.717) is 32.0 Å². The highest BCUT2D eigenvalue weighted by Gasteiger charge is 2.27. The Morgan fingerprint density at radius 1 is 1.12 bits per heavy atom. The Kier molecular flexibility index (Phi) is 7.72. The van der Waals surface area contributed by atoms with Crippen molar-refractivity contribution in [3.63, 3.8) is 0 Å². The molecule has 1 fully saturated rings. The summed E-state index contributed by atoms with van der Waals surface area (Å²) in [5, 5.41) is 8.98. The summed E-state index contributed by atoms with van der Waals surface area (Å²) in [6.07, 6.45) is 1.58. The molecule has 1 aliphatic rings. The van der Waals surface area contributed by atoms with Crippen molar-refractivity contribution in [2.45, 2.75) is 32.7 Å². The van der Waals surface area contributed by atoms with Gasteiger partial charge in [-0.3, -0.25) is 14.5 Å². The molecule has 0 atom stereocenters. The number of likely N-dealkylation sites (N-methyl/N-ethyl adjacent to an activating group) is 1. The van der Waals surface area contributed by atoms with Crippen LogP contribution in [0, 0.1) is 0 Å². The lowest BCUT2D eigenvalue weighted by Gasteiger charge is -2.37. The number of aliphatic carboxylic acids is 1. The van der Waals surface area contributed by atoms with Crippen LogP contribution in [0.3, 0.4) is 0 Å². The second-order valence-electron chi connectivity index (χ2n) is 6.26. The van der Waals surface area contributed by atoms with Crippen LogP contribution in [0.5, 0.6) is 11.5 Å². The maximum atomic E-state index is 12.3. The Labute approximate surface area is 154 Å². The minimum Gasteiger partial charge on any atom is -0.494 e. The van der Waals surface area contributed by atoms with Crippen molar-refractivity contribution in [2.24, 2.45) is 0 Å². The first-order valence-electron chi connectivity index (χ1n) is 9.12. The molecular formula is C19H28N2O5. The molecular weight excluding hydrogens is 336 g/mol. The lowest BCUT2D eigenvalue weighted by molar-refractivity contribution is -0.140. The average Bonchev–Trinajstić information content (AvgIpc) is 2.65. The van der Waals surface area contributed by atoms with Gasteiger partial charge in [-0.05, 0) is 50.6 Å². The fourth-order valence-corrected chi connectivity index (χ4v) is 3.19. The van der Waals surface area contributed by atoms with E-state index in [0.717, 1.165) is 18.6 Å². The Hall–Kier alpha value is -2.28. The Morgan fingerprint density at radius 2 is 1.69 bits per heavy atom. The largest absolute Gasteiger partial charge is 0.494 e. The molecule has 1 N–H and O–H groups in total. The standard InChI is InChI=1S/C19H28N2O5/c1-3-20(13-19(23)24)15-9-11-21(12-10-15)18(22)14-26-17-7-5-16(6-8-17)25-4-2/h5-8,15H,3-4,9-14H2,1-2H3,(H,23,24). The number of likely N-dealkylation sites (tertiary alicyclic amines) is 1. The molecule has 7 nitrogen and oxygen atoms in total. The maximum absolute atomic E-state index is 12.3. The first-order chi connectivity index (χ1) is 12.5. The van der Waals surface area contributed by atoms with Gasteiger partial charge in [0.1, 0.15) is 11.5 Å². The molecule has 1 heterocycles. The van der Waals surface area contributed by atoms with E-state index >= 15 is 0 Å². The summed E-state index contributed by atoms with van der Waals surface area (Å²) in [7, 11) is 0. The first kappa shape index (κ1) is 20.0. The van der Waals surface area contributed by atoms with Crippen LogP contribution in [0.1, 0.15) is 26.7 Å². The molecule has 1 aromatic carbocycles. The molecule has 0 bridgehead atoms. The number of rotatable bonds is 9. The number of hydrogen-bond donors (Lipinski definition) is 1. The van der Waals surface area contributed by atoms with Gasteiger partial charge in [-0.15, -0.1) is 0 Å². The molecule has 7 heteroatoms. The van der Waals surface area contributed by atoms with Crippen LogP contribution < -0.4 is 9.47 Å². The summed E-state index contributed by atoms with van der Waals surface area (Å²) < 4.78 is 10.9. The quantitative estimate of drug-likeness (QED) is 0.721. The number of nitrogens with zero attached hydrogens (tertiary/aromatic N) is 2. The minimum atomic E-state index is -0.811. The predicted molar refractivity (Wildman–Crippen MR) is 97.6 cm³/mol. The van der Waals surface area contributed by atoms with Gasteiger partial charge in [-0.25, -0.2) is 0 Å². The van der Waals surface area contributed by atoms with Gasteiger partial charge in [0.2, 0.25) is 0 Å². The van der Waals surface area contributed by atoms with Crippen LogP contribution in [-0.4, -0.2) is 72.2 Å². The minimum absolute atomic E-state index is 0.00522. The van der Waals surface area contributed by atoms with Crippen LogP contribution in [-0.2, 0) is 9.59 Å². The number of hydrogen-bond acceptors (Lipinski definition) is 5. The van der Waals surface area contributed by atoms with Crippen molar-refractivity contribution in [2.75, 3.05) is 39.4 Å². The molecule has 1 aromatic rings. The van der Waals surface area contributed by atoms with Crippen molar-refractivity contribution < 1.29 is 24.2 Å². The number of carboxylic acid groups (broad SMARTS) is 1. The number of carbonyl (C=O) groups excluding carboxylic acids is 1. The second kappa shape index (κ2) is 10.0. The van der Waals surface area contributed by atoms with Gasteiger partial charge in [0, 0.05) is 19.1 Å². The fourth-order valence-electron chi connectivity index (χ4n) is 3.19. The Balaban J connectivity index is 1.76. The van der Waals surface area contributed by atoms with Gasteiger partial charge < -0.3 is 19.5 Å². The molecule has 1 amide bonds. The van der Waals surface area contributed by atoms with Gasteiger partial charge in [0.15, 0.2) is 6.61 Å². The lowest BCUT2D eigenvalue weighted by Crippen LogP contribution is -2.49. The summed E-state index contributed by atoms with van der Waals surface area (Å²) in [6, 6.07) is 7.42. The van der Waals surface area contributed by atoms with E-state index in [1.165, 1.54) is 0 Å². The molecule has 144 valence electrons. The van der Waals surface area contributed by atoms with Crippen LogP contribution in [0.4, 0.5) is 0 Å². The molecule has 0 aliphatic carbocycles. The zero-order chi connectivity index (χ0) is 18.9. The molecule has 0 unspecified atom stereocenters. The van der Waals surface area contributed by atoms with Crippen LogP contribution >= 0.6 is 0 Å². The number of benzene rings is 1. The van der Waals surface area contributed by atoms with Crippen LogP contribution in [0.25, 0.3) is 0 Å². The molecule has 0 spiro atoms. The monoisotopic (exact) mass is 364 g/mol. The van der Waals surface area contributed by atoms with Crippen LogP contribution in [0.15, 0.2) is 24.3 Å². The third-order valence-corrected chi connectivity index (χ3v) is 4.58. The van der Waals surface area contributed by atoms with Crippen LogP contribution in [0.2, 0.25) is 0 Å². The molecule has 0 radical (unpaired) electrons. The van der Waals surface area contributed by atoms with E-state index in [4.69, 9.17) is 14.6 Å². The van der Waals surface area contributed by atoms with E-state index < -0.39 is 5.97 Å². The summed E-state index contributed by atoms with van der Waals surface area (Å²) in [5.41, 5.74) is 0. The van der Waals surface area contributed by atoms with Gasteiger partial charge >= 0.3 is 5.97 Å². The third-order valence-electron chi connectivity index (χ3n) is 4.58. The van der Waals surface area contributed by atoms with Gasteiger partial charge in [-0.2, -0.15) is 0 Å². The number of carbonyl (C=O) groups is 2. The molecule has 1 saturated heterocycles. The summed E-state index contributed by atoms with van der Waals surface area (Å²) >= 11 is 0. The number of carboxylic acids is 1. The highest BCUT2D eigenvalue weighted by atomic mass is 16.5. The van der Waals surface area contributed by atoms with E-state index in [1.54, 1.807) is 17.0 Å². The smallest absolute Gasteiger partial charge is 0.317 e. The van der Waals surface area contributed by atoms with Gasteiger partial charge in [0.25, 0.3) is 5.91 Å². The van der Waals surface area contributed by atoms with Crippen molar-refractivity contribution in [1.82, 2.24) is 9.80 Å². The summed E-state index contributed by atoms with van der Waals surface area (Å²) in [4.78, 5) is 27.0. The highest BCUT2D eigenvalue weighted by molar-refractivity contribution is 5.77. The van der Waals surface area contributed by atoms with E-state index in [9.17, 15) is 9.59 Å². The zero-order valence-corrected chi connectivity index (χ0v) is 15.5. The van der Waals surface area contributed by atoms with Crippen molar-refractivity contribution in [1.29, 1.82) is 0 Å². The summed E-state index contributed by atoms with van der Waals surface area (Å²) in [6.45, 7) is 6.51. The zero-order valence-electron chi connectivity index (χ0n) is 15.5. The SMILES string of the molecule is CCOc1ccc(OCC(=O)N2CCC(N(CC)CC(=O)O)CC2)cc1. The maximum Gasteiger partial charge on any atom is 0.317 e. The van der Waals surface area contributed by atoms with E-state index in [1.807, 2.05) is 30.9 Å². The molecule has 2 rings (SSSR count). The number of amides is 1. The molecule has 0 aromatic heterocycles. The topological polar surface area (TPSA) is 79.3 Å².